The highest BCUT2D eigenvalue weighted by Crippen LogP contribution is 2.28. The van der Waals surface area contributed by atoms with Gasteiger partial charge in [-0.25, -0.2) is 4.79 Å². The predicted molar refractivity (Wildman–Crippen MR) is 146 cm³/mol. The first-order chi connectivity index (χ1) is 17.9. The molecule has 0 bridgehead atoms. The molecule has 1 atom stereocenters. The molecular formula is C29H33N3O5. The Bertz CT molecular complexity index is 1190. The number of nitrogen functional groups attached to an aromatic ring is 1. The zero-order valence-electron chi connectivity index (χ0n) is 20.9. The maximum absolute atomic E-state index is 12.6. The largest absolute Gasteiger partial charge is 0.491 e. The average molecular weight is 504 g/mol. The molecule has 0 heterocycles. The normalized spacial score (nSPS) is 11.6. The average Bonchev–Trinajstić information content (AvgIpc) is 2.89. The van der Waals surface area contributed by atoms with Gasteiger partial charge in [0.1, 0.15) is 18.5 Å². The molecule has 8 nitrogen and oxygen atoms in total. The van der Waals surface area contributed by atoms with Gasteiger partial charge in [0.25, 0.3) is 0 Å². The SMILES string of the molecule is Cc1ccc(NC(=O)O[C@@H](CCC/C=C/C(=O)Nc2ccccc2N)c2cccc(OCCO)c2)cc1. The van der Waals surface area contributed by atoms with Gasteiger partial charge < -0.3 is 25.6 Å². The van der Waals surface area contributed by atoms with E-state index < -0.39 is 12.2 Å². The molecule has 0 aromatic heterocycles. The zero-order chi connectivity index (χ0) is 26.5. The van der Waals surface area contributed by atoms with Crippen LogP contribution < -0.4 is 21.1 Å². The van der Waals surface area contributed by atoms with Crippen LogP contribution in [0.4, 0.5) is 21.9 Å². The lowest BCUT2D eigenvalue weighted by atomic mass is 10.0. The van der Waals surface area contributed by atoms with Crippen LogP contribution >= 0.6 is 0 Å². The molecule has 3 rings (SSSR count). The molecule has 0 spiro atoms. The summed E-state index contributed by atoms with van der Waals surface area (Å²) in [5.41, 5.74) is 9.42. The van der Waals surface area contributed by atoms with Gasteiger partial charge >= 0.3 is 6.09 Å². The van der Waals surface area contributed by atoms with E-state index in [0.717, 1.165) is 11.1 Å². The fraction of sp³-hybridized carbons (Fsp3) is 0.241. The number of aryl methyl sites for hydroxylation is 1. The van der Waals surface area contributed by atoms with Gasteiger partial charge in [-0.15, -0.1) is 0 Å². The number of aliphatic hydroxyl groups excluding tert-OH is 1. The monoisotopic (exact) mass is 503 g/mol. The van der Waals surface area contributed by atoms with Gasteiger partial charge in [-0.2, -0.15) is 0 Å². The Morgan fingerprint density at radius 2 is 1.81 bits per heavy atom. The van der Waals surface area contributed by atoms with Gasteiger partial charge in [-0.05, 0) is 74.2 Å². The van der Waals surface area contributed by atoms with Gasteiger partial charge in [-0.1, -0.05) is 48.0 Å². The molecule has 0 fully saturated rings. The number of carbonyl (C=O) groups is 2. The molecule has 0 saturated carbocycles. The summed E-state index contributed by atoms with van der Waals surface area (Å²) in [5.74, 6) is 0.313. The van der Waals surface area contributed by atoms with Crippen molar-refractivity contribution in [3.63, 3.8) is 0 Å². The Morgan fingerprint density at radius 3 is 2.57 bits per heavy atom. The zero-order valence-corrected chi connectivity index (χ0v) is 20.9. The van der Waals surface area contributed by atoms with Crippen molar-refractivity contribution in [2.75, 3.05) is 29.6 Å². The van der Waals surface area contributed by atoms with Crippen LogP contribution in [0.2, 0.25) is 0 Å². The number of para-hydroxylation sites is 2. The Morgan fingerprint density at radius 1 is 1.03 bits per heavy atom. The number of unbranched alkanes of at least 4 members (excludes halogenated alkanes) is 1. The summed E-state index contributed by atoms with van der Waals surface area (Å²) < 4.78 is 11.3. The number of aliphatic hydroxyl groups is 1. The number of nitrogens with two attached hydrogens (primary N) is 1. The molecule has 37 heavy (non-hydrogen) atoms. The van der Waals surface area contributed by atoms with Gasteiger partial charge in [0.2, 0.25) is 5.91 Å². The summed E-state index contributed by atoms with van der Waals surface area (Å²) in [5, 5.41) is 14.6. The minimum absolute atomic E-state index is 0.0973. The number of amides is 2. The van der Waals surface area contributed by atoms with Crippen molar-refractivity contribution in [3.05, 3.63) is 96.1 Å². The van der Waals surface area contributed by atoms with Crippen LogP contribution in [0.3, 0.4) is 0 Å². The molecule has 0 unspecified atom stereocenters. The van der Waals surface area contributed by atoms with Crippen molar-refractivity contribution >= 4 is 29.1 Å². The van der Waals surface area contributed by atoms with Crippen molar-refractivity contribution in [3.8, 4) is 5.75 Å². The first-order valence-corrected chi connectivity index (χ1v) is 12.1. The molecule has 0 radical (unpaired) electrons. The standard InChI is InChI=1S/C29H33N3O5/c1-21-14-16-23(17-15-21)31-29(35)37-27(22-8-7-9-24(20-22)36-19-18-33)12-3-2-4-13-28(34)32-26-11-6-5-10-25(26)30/h4-11,13-17,20,27,33H,2-3,12,18-19,30H2,1H3,(H,31,35)(H,32,34)/b13-4+/t27-/m0/s1. The molecule has 0 aliphatic carbocycles. The van der Waals surface area contributed by atoms with Gasteiger partial charge in [0.15, 0.2) is 0 Å². The second kappa shape index (κ2) is 14.3. The maximum Gasteiger partial charge on any atom is 0.412 e. The van der Waals surface area contributed by atoms with E-state index in [1.165, 1.54) is 6.08 Å². The number of hydrogen-bond donors (Lipinski definition) is 4. The molecule has 3 aromatic rings. The smallest absolute Gasteiger partial charge is 0.412 e. The van der Waals surface area contributed by atoms with Crippen LogP contribution in [0.25, 0.3) is 0 Å². The Hall–Kier alpha value is -4.30. The van der Waals surface area contributed by atoms with Crippen LogP contribution in [-0.2, 0) is 9.53 Å². The highest BCUT2D eigenvalue weighted by Gasteiger charge is 2.17. The molecule has 3 aromatic carbocycles. The number of carbonyl (C=O) groups excluding carboxylic acids is 2. The van der Waals surface area contributed by atoms with Gasteiger partial charge in [0, 0.05) is 5.69 Å². The Balaban J connectivity index is 1.60. The Kier molecular flexibility index (Phi) is 10.6. The van der Waals surface area contributed by atoms with Crippen molar-refractivity contribution in [2.45, 2.75) is 32.3 Å². The van der Waals surface area contributed by atoms with Crippen LogP contribution in [0.1, 0.15) is 36.5 Å². The topological polar surface area (TPSA) is 123 Å². The van der Waals surface area contributed by atoms with Gasteiger partial charge in [-0.3, -0.25) is 10.1 Å². The first-order valence-electron chi connectivity index (χ1n) is 12.1. The predicted octanol–water partition coefficient (Wildman–Crippen LogP) is 5.60. The van der Waals surface area contributed by atoms with E-state index in [2.05, 4.69) is 10.6 Å². The number of allylic oxidation sites excluding steroid dienone is 1. The molecule has 5 N–H and O–H groups in total. The second-order valence-electron chi connectivity index (χ2n) is 8.44. The highest BCUT2D eigenvalue weighted by molar-refractivity contribution is 6.01. The lowest BCUT2D eigenvalue weighted by molar-refractivity contribution is -0.111. The third kappa shape index (κ3) is 9.35. The fourth-order valence-electron chi connectivity index (χ4n) is 3.57. The third-order valence-electron chi connectivity index (χ3n) is 5.46. The van der Waals surface area contributed by atoms with E-state index in [1.807, 2.05) is 43.3 Å². The van der Waals surface area contributed by atoms with Crippen LogP contribution in [0.15, 0.2) is 84.9 Å². The van der Waals surface area contributed by atoms with E-state index >= 15 is 0 Å². The number of hydrogen-bond acceptors (Lipinski definition) is 6. The number of nitrogens with one attached hydrogen (secondary N) is 2. The van der Waals surface area contributed by atoms with Crippen molar-refractivity contribution < 1.29 is 24.2 Å². The molecule has 8 heteroatoms. The third-order valence-corrected chi connectivity index (χ3v) is 5.46. The molecule has 0 saturated heterocycles. The summed E-state index contributed by atoms with van der Waals surface area (Å²) in [6, 6.07) is 21.8. The number of benzene rings is 3. The minimum Gasteiger partial charge on any atom is -0.491 e. The summed E-state index contributed by atoms with van der Waals surface area (Å²) >= 11 is 0. The summed E-state index contributed by atoms with van der Waals surface area (Å²) in [6.45, 7) is 2.05. The molecule has 194 valence electrons. The molecular weight excluding hydrogens is 470 g/mol. The number of anilines is 3. The highest BCUT2D eigenvalue weighted by atomic mass is 16.6. The van der Waals surface area contributed by atoms with Crippen molar-refractivity contribution in [2.24, 2.45) is 0 Å². The minimum atomic E-state index is -0.564. The maximum atomic E-state index is 12.6. The van der Waals surface area contributed by atoms with Crippen LogP contribution in [-0.4, -0.2) is 30.3 Å². The van der Waals surface area contributed by atoms with Crippen molar-refractivity contribution in [1.29, 1.82) is 0 Å². The van der Waals surface area contributed by atoms with Crippen LogP contribution in [0.5, 0.6) is 5.75 Å². The van der Waals surface area contributed by atoms with E-state index in [-0.39, 0.29) is 19.1 Å². The van der Waals surface area contributed by atoms with E-state index in [0.29, 0.717) is 42.1 Å². The van der Waals surface area contributed by atoms with Crippen molar-refractivity contribution in [1.82, 2.24) is 0 Å². The second-order valence-corrected chi connectivity index (χ2v) is 8.44. The summed E-state index contributed by atoms with van der Waals surface area (Å²) in [4.78, 5) is 24.8. The van der Waals surface area contributed by atoms with E-state index in [1.54, 1.807) is 42.5 Å². The quantitative estimate of drug-likeness (QED) is 0.145. The van der Waals surface area contributed by atoms with Crippen LogP contribution in [0, 0.1) is 6.92 Å². The molecule has 0 aliphatic heterocycles. The number of rotatable bonds is 12. The number of ether oxygens (including phenoxy) is 2. The Labute approximate surface area is 217 Å². The lowest BCUT2D eigenvalue weighted by Crippen LogP contribution is -2.18. The summed E-state index contributed by atoms with van der Waals surface area (Å²) in [6.07, 6.45) is 3.95. The molecule has 0 aliphatic rings. The summed E-state index contributed by atoms with van der Waals surface area (Å²) in [7, 11) is 0. The van der Waals surface area contributed by atoms with E-state index in [4.69, 9.17) is 20.3 Å². The fourth-order valence-corrected chi connectivity index (χ4v) is 3.57. The first kappa shape index (κ1) is 27.3. The van der Waals surface area contributed by atoms with Gasteiger partial charge in [0.05, 0.1) is 18.0 Å². The molecule has 2 amide bonds. The van der Waals surface area contributed by atoms with E-state index in [9.17, 15) is 9.59 Å². The lowest BCUT2D eigenvalue weighted by Gasteiger charge is -2.19.